The molecule has 0 aliphatic heterocycles. The summed E-state index contributed by atoms with van der Waals surface area (Å²) in [5.41, 5.74) is 4.61. The number of aryl methyl sites for hydroxylation is 2. The Kier molecular flexibility index (Phi) is 7.34. The summed E-state index contributed by atoms with van der Waals surface area (Å²) in [6, 6.07) is 18.6. The highest BCUT2D eigenvalue weighted by Crippen LogP contribution is 2.28. The Hall–Kier alpha value is -2.50. The summed E-state index contributed by atoms with van der Waals surface area (Å²) >= 11 is 1.63. The first-order valence-corrected chi connectivity index (χ1v) is 10.4. The molecule has 28 heavy (non-hydrogen) atoms. The van der Waals surface area contributed by atoms with E-state index in [1.165, 1.54) is 11.1 Å². The third-order valence-corrected chi connectivity index (χ3v) is 5.73. The van der Waals surface area contributed by atoms with Crippen LogP contribution in [0.1, 0.15) is 28.6 Å². The van der Waals surface area contributed by atoms with E-state index >= 15 is 0 Å². The molecule has 5 heteroatoms. The number of hydrogen-bond acceptors (Lipinski definition) is 4. The lowest BCUT2D eigenvalue weighted by Crippen LogP contribution is -2.29. The summed E-state index contributed by atoms with van der Waals surface area (Å²) in [6.45, 7) is 5.22. The van der Waals surface area contributed by atoms with Crippen LogP contribution in [0.25, 0.3) is 10.6 Å². The van der Waals surface area contributed by atoms with Gasteiger partial charge in [-0.1, -0.05) is 61.5 Å². The lowest BCUT2D eigenvalue weighted by atomic mass is 10.1. The van der Waals surface area contributed by atoms with Crippen molar-refractivity contribution in [3.05, 3.63) is 76.3 Å². The molecule has 0 saturated carbocycles. The number of aromatic nitrogens is 1. The quantitative estimate of drug-likeness (QED) is 0.579. The summed E-state index contributed by atoms with van der Waals surface area (Å²) < 4.78 is 5.61. The largest absolute Gasteiger partial charge is 0.366 e. The van der Waals surface area contributed by atoms with Gasteiger partial charge in [0.15, 0.2) is 0 Å². The van der Waals surface area contributed by atoms with Crippen LogP contribution in [-0.4, -0.2) is 24.0 Å². The fourth-order valence-electron chi connectivity index (χ4n) is 2.85. The molecule has 1 amide bonds. The van der Waals surface area contributed by atoms with Gasteiger partial charge in [0.25, 0.3) is 0 Å². The number of carbonyl (C=O) groups is 1. The number of nitrogens with zero attached hydrogens (tertiary/aromatic N) is 1. The van der Waals surface area contributed by atoms with E-state index in [1.54, 1.807) is 11.3 Å². The number of rotatable bonds is 9. The molecule has 0 radical (unpaired) electrons. The number of benzene rings is 2. The van der Waals surface area contributed by atoms with E-state index in [2.05, 4.69) is 53.6 Å². The maximum absolute atomic E-state index is 11.9. The van der Waals surface area contributed by atoms with Crippen LogP contribution >= 0.6 is 11.3 Å². The number of hydrogen-bond donors (Lipinski definition) is 1. The van der Waals surface area contributed by atoms with Gasteiger partial charge in [-0.2, -0.15) is 0 Å². The molecule has 0 aliphatic rings. The molecule has 1 aromatic heterocycles. The summed E-state index contributed by atoms with van der Waals surface area (Å²) in [4.78, 5) is 17.7. The number of ether oxygens (including phenoxy) is 1. The van der Waals surface area contributed by atoms with Gasteiger partial charge in [-0.05, 0) is 30.9 Å². The van der Waals surface area contributed by atoms with Crippen molar-refractivity contribution in [2.24, 2.45) is 0 Å². The molecule has 0 fully saturated rings. The maximum atomic E-state index is 11.9. The fraction of sp³-hybridized carbons (Fsp3) is 0.304. The topological polar surface area (TPSA) is 51.2 Å². The molecular formula is C23H26N2O2S. The molecule has 0 bridgehead atoms. The zero-order valence-electron chi connectivity index (χ0n) is 16.4. The predicted molar refractivity (Wildman–Crippen MR) is 114 cm³/mol. The smallest absolute Gasteiger partial charge is 0.246 e. The van der Waals surface area contributed by atoms with E-state index in [-0.39, 0.29) is 12.5 Å². The van der Waals surface area contributed by atoms with E-state index < -0.39 is 0 Å². The van der Waals surface area contributed by atoms with Crippen molar-refractivity contribution in [3.8, 4) is 10.6 Å². The second-order valence-corrected chi connectivity index (χ2v) is 7.74. The SMILES string of the molecule is CCc1ccc(-c2nc(C)c(COCC(=O)NCCc3ccccc3)s2)cc1. The number of carbonyl (C=O) groups excluding carboxylic acids is 1. The van der Waals surface area contributed by atoms with Crippen molar-refractivity contribution in [2.45, 2.75) is 33.3 Å². The van der Waals surface area contributed by atoms with Crippen LogP contribution in [0.3, 0.4) is 0 Å². The van der Waals surface area contributed by atoms with Gasteiger partial charge >= 0.3 is 0 Å². The van der Waals surface area contributed by atoms with Crippen LogP contribution in [0.15, 0.2) is 54.6 Å². The Balaban J connectivity index is 1.44. The summed E-state index contributed by atoms with van der Waals surface area (Å²) in [6.07, 6.45) is 1.85. The molecule has 4 nitrogen and oxygen atoms in total. The molecule has 0 unspecified atom stereocenters. The second kappa shape index (κ2) is 10.2. The van der Waals surface area contributed by atoms with Crippen molar-refractivity contribution in [1.82, 2.24) is 10.3 Å². The van der Waals surface area contributed by atoms with Gasteiger partial charge < -0.3 is 10.1 Å². The molecule has 0 aliphatic carbocycles. The van der Waals surface area contributed by atoms with Crippen molar-refractivity contribution in [1.29, 1.82) is 0 Å². The van der Waals surface area contributed by atoms with E-state index in [9.17, 15) is 4.79 Å². The van der Waals surface area contributed by atoms with E-state index in [1.807, 2.05) is 25.1 Å². The minimum absolute atomic E-state index is 0.0622. The van der Waals surface area contributed by atoms with Crippen LogP contribution in [0.4, 0.5) is 0 Å². The van der Waals surface area contributed by atoms with Crippen LogP contribution < -0.4 is 5.32 Å². The molecule has 2 aromatic carbocycles. The molecule has 1 heterocycles. The van der Waals surface area contributed by atoms with Crippen LogP contribution in [0.2, 0.25) is 0 Å². The van der Waals surface area contributed by atoms with E-state index in [0.717, 1.165) is 34.0 Å². The fourth-order valence-corrected chi connectivity index (χ4v) is 3.85. The monoisotopic (exact) mass is 394 g/mol. The molecule has 146 valence electrons. The minimum atomic E-state index is -0.0894. The Morgan fingerprint density at radius 1 is 1.07 bits per heavy atom. The molecule has 3 rings (SSSR count). The normalized spacial score (nSPS) is 10.8. The van der Waals surface area contributed by atoms with Crippen molar-refractivity contribution in [2.75, 3.05) is 13.2 Å². The number of nitrogens with one attached hydrogen (secondary N) is 1. The zero-order valence-corrected chi connectivity index (χ0v) is 17.2. The zero-order chi connectivity index (χ0) is 19.8. The van der Waals surface area contributed by atoms with Crippen molar-refractivity contribution in [3.63, 3.8) is 0 Å². The highest BCUT2D eigenvalue weighted by molar-refractivity contribution is 7.15. The number of amides is 1. The molecule has 1 N–H and O–H groups in total. The third-order valence-electron chi connectivity index (χ3n) is 4.55. The highest BCUT2D eigenvalue weighted by atomic mass is 32.1. The van der Waals surface area contributed by atoms with Crippen LogP contribution in [-0.2, 0) is 29.0 Å². The van der Waals surface area contributed by atoms with Crippen LogP contribution in [0.5, 0.6) is 0 Å². The molecule has 3 aromatic rings. The first-order chi connectivity index (χ1) is 13.7. The van der Waals surface area contributed by atoms with Crippen LogP contribution in [0, 0.1) is 6.92 Å². The van der Waals surface area contributed by atoms with E-state index in [0.29, 0.717) is 13.2 Å². The van der Waals surface area contributed by atoms with Gasteiger partial charge in [0, 0.05) is 12.1 Å². The Morgan fingerprint density at radius 3 is 2.54 bits per heavy atom. The van der Waals surface area contributed by atoms with E-state index in [4.69, 9.17) is 4.74 Å². The summed E-state index contributed by atoms with van der Waals surface area (Å²) in [7, 11) is 0. The Labute approximate surface area is 170 Å². The van der Waals surface area contributed by atoms with Gasteiger partial charge in [0.2, 0.25) is 5.91 Å². The first-order valence-electron chi connectivity index (χ1n) is 9.59. The summed E-state index contributed by atoms with van der Waals surface area (Å²) in [5.74, 6) is -0.0894. The Bertz CT molecular complexity index is 889. The molecule has 0 atom stereocenters. The van der Waals surface area contributed by atoms with Gasteiger partial charge in [-0.15, -0.1) is 11.3 Å². The maximum Gasteiger partial charge on any atom is 0.246 e. The van der Waals surface area contributed by atoms with Gasteiger partial charge in [0.1, 0.15) is 11.6 Å². The standard InChI is InChI=1S/C23H26N2O2S/c1-3-18-9-11-20(12-10-18)23-25-17(2)21(28-23)15-27-16-22(26)24-14-13-19-7-5-4-6-8-19/h4-12H,3,13-16H2,1-2H3,(H,24,26). The minimum Gasteiger partial charge on any atom is -0.366 e. The highest BCUT2D eigenvalue weighted by Gasteiger charge is 2.10. The third kappa shape index (κ3) is 5.75. The molecule has 0 saturated heterocycles. The average molecular weight is 395 g/mol. The lowest BCUT2D eigenvalue weighted by Gasteiger charge is -2.06. The van der Waals surface area contributed by atoms with Crippen molar-refractivity contribution < 1.29 is 9.53 Å². The molecule has 0 spiro atoms. The van der Waals surface area contributed by atoms with Gasteiger partial charge in [0.05, 0.1) is 17.2 Å². The number of thiazole rings is 1. The second-order valence-electron chi connectivity index (χ2n) is 6.66. The predicted octanol–water partition coefficient (Wildman–Crippen LogP) is 4.56. The lowest BCUT2D eigenvalue weighted by molar-refractivity contribution is -0.126. The van der Waals surface area contributed by atoms with Gasteiger partial charge in [-0.3, -0.25) is 4.79 Å². The molecular weight excluding hydrogens is 368 g/mol. The van der Waals surface area contributed by atoms with Crippen molar-refractivity contribution >= 4 is 17.2 Å². The average Bonchev–Trinajstić information content (AvgIpc) is 3.09. The Morgan fingerprint density at radius 2 is 1.82 bits per heavy atom. The first kappa shape index (κ1) is 20.2. The van der Waals surface area contributed by atoms with Gasteiger partial charge in [-0.25, -0.2) is 4.98 Å². The summed E-state index contributed by atoms with van der Waals surface area (Å²) in [5, 5.41) is 3.89.